The van der Waals surface area contributed by atoms with Crippen molar-refractivity contribution in [2.45, 2.75) is 25.4 Å². The Morgan fingerprint density at radius 3 is 2.81 bits per heavy atom. The van der Waals surface area contributed by atoms with Crippen LogP contribution < -0.4 is 5.73 Å². The molecule has 116 valence electrons. The molecule has 1 heterocycles. The van der Waals surface area contributed by atoms with Crippen LogP contribution in [0.3, 0.4) is 0 Å². The molecule has 0 spiro atoms. The van der Waals surface area contributed by atoms with Gasteiger partial charge in [0.05, 0.1) is 17.2 Å². The molecule has 0 saturated carbocycles. The highest BCUT2D eigenvalue weighted by Gasteiger charge is 2.27. The third-order valence-corrected chi connectivity index (χ3v) is 4.46. The van der Waals surface area contributed by atoms with Crippen LogP contribution in [0.1, 0.15) is 18.4 Å². The van der Waals surface area contributed by atoms with Gasteiger partial charge in [0.25, 0.3) is 0 Å². The molecule has 1 fully saturated rings. The lowest BCUT2D eigenvalue weighted by Crippen LogP contribution is -2.47. The Labute approximate surface area is 135 Å². The molecule has 1 aromatic rings. The second-order valence-corrected chi connectivity index (χ2v) is 6.40. The predicted octanol–water partition coefficient (Wildman–Crippen LogP) is 2.71. The molecule has 2 atom stereocenters. The van der Waals surface area contributed by atoms with Gasteiger partial charge in [0.15, 0.2) is 0 Å². The summed E-state index contributed by atoms with van der Waals surface area (Å²) in [6, 6.07) is 5.72. The molecule has 0 aliphatic carbocycles. The van der Waals surface area contributed by atoms with Crippen molar-refractivity contribution in [1.29, 1.82) is 0 Å². The van der Waals surface area contributed by atoms with Gasteiger partial charge in [-0.1, -0.05) is 29.3 Å². The number of rotatable bonds is 4. The van der Waals surface area contributed by atoms with Crippen LogP contribution in [-0.4, -0.2) is 37.1 Å². The maximum absolute atomic E-state index is 11.4. The highest BCUT2D eigenvalue weighted by Crippen LogP contribution is 2.25. The number of benzene rings is 1. The molecule has 6 heteroatoms. The molecule has 2 N–H and O–H groups in total. The van der Waals surface area contributed by atoms with Gasteiger partial charge in [0, 0.05) is 32.1 Å². The number of halogens is 2. The van der Waals surface area contributed by atoms with E-state index in [1.54, 1.807) is 6.07 Å². The highest BCUT2D eigenvalue weighted by molar-refractivity contribution is 6.42. The third kappa shape index (κ3) is 4.85. The van der Waals surface area contributed by atoms with E-state index in [-0.39, 0.29) is 17.9 Å². The van der Waals surface area contributed by atoms with Crippen molar-refractivity contribution in [2.75, 3.05) is 20.2 Å². The van der Waals surface area contributed by atoms with Gasteiger partial charge in [0.2, 0.25) is 0 Å². The third-order valence-electron chi connectivity index (χ3n) is 3.72. The average Bonchev–Trinajstić information content (AvgIpc) is 2.42. The molecule has 21 heavy (non-hydrogen) atoms. The van der Waals surface area contributed by atoms with Crippen molar-refractivity contribution in [1.82, 2.24) is 4.90 Å². The van der Waals surface area contributed by atoms with Crippen molar-refractivity contribution >= 4 is 29.2 Å². The van der Waals surface area contributed by atoms with E-state index in [9.17, 15) is 4.79 Å². The van der Waals surface area contributed by atoms with Gasteiger partial charge in [-0.15, -0.1) is 0 Å². The number of ether oxygens (including phenoxy) is 1. The quantitative estimate of drug-likeness (QED) is 0.862. The van der Waals surface area contributed by atoms with Gasteiger partial charge in [-0.05, 0) is 30.0 Å². The van der Waals surface area contributed by atoms with E-state index in [4.69, 9.17) is 33.7 Å². The molecule has 0 radical (unpaired) electrons. The first kappa shape index (κ1) is 16.6. The van der Waals surface area contributed by atoms with Crippen LogP contribution in [0.5, 0.6) is 0 Å². The molecule has 4 nitrogen and oxygen atoms in total. The number of methoxy groups -OCH3 is 1. The largest absolute Gasteiger partial charge is 0.469 e. The van der Waals surface area contributed by atoms with Gasteiger partial charge < -0.3 is 10.5 Å². The first-order chi connectivity index (χ1) is 9.97. The van der Waals surface area contributed by atoms with Crippen LogP contribution in [0.4, 0.5) is 0 Å². The van der Waals surface area contributed by atoms with Gasteiger partial charge in [-0.3, -0.25) is 9.69 Å². The Kier molecular flexibility index (Phi) is 5.88. The van der Waals surface area contributed by atoms with Crippen LogP contribution in [0.15, 0.2) is 18.2 Å². The number of carbonyl (C=O) groups is 1. The maximum Gasteiger partial charge on any atom is 0.305 e. The summed E-state index contributed by atoms with van der Waals surface area (Å²) in [5.41, 5.74) is 7.19. The van der Waals surface area contributed by atoms with E-state index in [0.29, 0.717) is 16.5 Å². The summed E-state index contributed by atoms with van der Waals surface area (Å²) >= 11 is 12.0. The minimum atomic E-state index is -0.177. The summed E-state index contributed by atoms with van der Waals surface area (Å²) in [6.45, 7) is 2.41. The fourth-order valence-corrected chi connectivity index (χ4v) is 3.16. The summed E-state index contributed by atoms with van der Waals surface area (Å²) in [5.74, 6) is 0.0626. The summed E-state index contributed by atoms with van der Waals surface area (Å²) in [5, 5.41) is 1.11. The van der Waals surface area contributed by atoms with Crippen molar-refractivity contribution in [2.24, 2.45) is 11.7 Å². The van der Waals surface area contributed by atoms with Gasteiger partial charge in [-0.25, -0.2) is 0 Å². The molecular weight excluding hydrogens is 311 g/mol. The minimum absolute atomic E-state index is 0.0798. The lowest BCUT2D eigenvalue weighted by Gasteiger charge is -2.36. The predicted molar refractivity (Wildman–Crippen MR) is 84.5 cm³/mol. The molecule has 0 amide bonds. The fraction of sp³-hybridized carbons (Fsp3) is 0.533. The van der Waals surface area contributed by atoms with E-state index < -0.39 is 0 Å². The minimum Gasteiger partial charge on any atom is -0.469 e. The number of nitrogens with two attached hydrogens (primary N) is 1. The summed E-state index contributed by atoms with van der Waals surface area (Å²) in [4.78, 5) is 13.7. The van der Waals surface area contributed by atoms with E-state index in [1.165, 1.54) is 7.11 Å². The number of nitrogens with zero attached hydrogens (tertiary/aromatic N) is 1. The first-order valence-electron chi connectivity index (χ1n) is 6.96. The Bertz CT molecular complexity index is 510. The topological polar surface area (TPSA) is 55.6 Å². The summed E-state index contributed by atoms with van der Waals surface area (Å²) in [6.07, 6.45) is 1.27. The smallest absolute Gasteiger partial charge is 0.305 e. The second kappa shape index (κ2) is 7.45. The van der Waals surface area contributed by atoms with Crippen molar-refractivity contribution in [3.63, 3.8) is 0 Å². The van der Waals surface area contributed by atoms with Crippen molar-refractivity contribution in [3.05, 3.63) is 33.8 Å². The van der Waals surface area contributed by atoms with Crippen LogP contribution in [0, 0.1) is 5.92 Å². The zero-order valence-corrected chi connectivity index (χ0v) is 13.5. The standard InChI is InChI=1S/C15H20Cl2N2O2/c1-21-15(20)6-11-4-12(18)9-19(8-11)7-10-2-3-13(16)14(17)5-10/h2-3,5,11-12H,4,6-9,18H2,1H3. The summed E-state index contributed by atoms with van der Waals surface area (Å²) in [7, 11) is 1.42. The second-order valence-electron chi connectivity index (χ2n) is 5.58. The van der Waals surface area contributed by atoms with Crippen LogP contribution >= 0.6 is 23.2 Å². The molecule has 0 aromatic heterocycles. The molecular formula is C15H20Cl2N2O2. The lowest BCUT2D eigenvalue weighted by molar-refractivity contribution is -0.142. The molecule has 1 aliphatic rings. The molecule has 1 saturated heterocycles. The van der Waals surface area contributed by atoms with E-state index >= 15 is 0 Å². The van der Waals surface area contributed by atoms with E-state index in [2.05, 4.69) is 4.90 Å². The zero-order valence-electron chi connectivity index (χ0n) is 12.0. The molecule has 1 aromatic carbocycles. The Morgan fingerprint density at radius 1 is 1.38 bits per heavy atom. The highest BCUT2D eigenvalue weighted by atomic mass is 35.5. The first-order valence-corrected chi connectivity index (χ1v) is 7.72. The molecule has 1 aliphatic heterocycles. The van der Waals surface area contributed by atoms with Crippen molar-refractivity contribution < 1.29 is 9.53 Å². The maximum atomic E-state index is 11.4. The number of hydrogen-bond acceptors (Lipinski definition) is 4. The lowest BCUT2D eigenvalue weighted by atomic mass is 9.91. The van der Waals surface area contributed by atoms with Crippen LogP contribution in [0.2, 0.25) is 10.0 Å². The van der Waals surface area contributed by atoms with E-state index in [0.717, 1.165) is 31.6 Å². The number of esters is 1. The molecule has 2 unspecified atom stereocenters. The summed E-state index contributed by atoms with van der Waals surface area (Å²) < 4.78 is 4.74. The number of likely N-dealkylation sites (tertiary alicyclic amines) is 1. The number of piperidine rings is 1. The van der Waals surface area contributed by atoms with Gasteiger partial charge >= 0.3 is 5.97 Å². The van der Waals surface area contributed by atoms with Gasteiger partial charge in [-0.2, -0.15) is 0 Å². The Balaban J connectivity index is 1.98. The number of hydrogen-bond donors (Lipinski definition) is 1. The van der Waals surface area contributed by atoms with Crippen LogP contribution in [0.25, 0.3) is 0 Å². The number of carbonyl (C=O) groups excluding carboxylic acids is 1. The van der Waals surface area contributed by atoms with Crippen molar-refractivity contribution in [3.8, 4) is 0 Å². The Morgan fingerprint density at radius 2 is 2.14 bits per heavy atom. The zero-order chi connectivity index (χ0) is 15.4. The normalized spacial score (nSPS) is 23.0. The Hall–Kier alpha value is -0.810. The van der Waals surface area contributed by atoms with Crippen LogP contribution in [-0.2, 0) is 16.1 Å². The SMILES string of the molecule is COC(=O)CC1CC(N)CN(Cc2ccc(Cl)c(Cl)c2)C1. The molecule has 2 rings (SSSR count). The average molecular weight is 331 g/mol. The van der Waals surface area contributed by atoms with Gasteiger partial charge in [0.1, 0.15) is 0 Å². The monoisotopic (exact) mass is 330 g/mol. The molecule has 0 bridgehead atoms. The van der Waals surface area contributed by atoms with E-state index in [1.807, 2.05) is 12.1 Å². The fourth-order valence-electron chi connectivity index (χ4n) is 2.84.